The lowest BCUT2D eigenvalue weighted by atomic mass is 9.90. The lowest BCUT2D eigenvalue weighted by molar-refractivity contribution is -0.127. The van der Waals surface area contributed by atoms with Gasteiger partial charge in [-0.25, -0.2) is 4.79 Å². The zero-order valence-corrected chi connectivity index (χ0v) is 23.5. The molecule has 13 nitrogen and oxygen atoms in total. The van der Waals surface area contributed by atoms with Gasteiger partial charge in [0.1, 0.15) is 17.1 Å². The van der Waals surface area contributed by atoms with E-state index in [9.17, 15) is 39.0 Å². The molecule has 0 saturated heterocycles. The highest BCUT2D eigenvalue weighted by Crippen LogP contribution is 2.42. The first kappa shape index (κ1) is 31.2. The number of phenols is 1. The summed E-state index contributed by atoms with van der Waals surface area (Å²) in [6.45, 7) is -0.289. The Morgan fingerprint density at radius 2 is 1.55 bits per heavy atom. The number of carbonyl (C=O) groups is 5. The Balaban J connectivity index is 1.40. The molecule has 0 radical (unpaired) electrons. The van der Waals surface area contributed by atoms with E-state index in [4.69, 9.17) is 10.2 Å². The fraction of sp³-hybridized carbons (Fsp3) is 0.226. The molecule has 0 atom stereocenters. The van der Waals surface area contributed by atoms with Gasteiger partial charge in [-0.05, 0) is 54.8 Å². The molecule has 0 aromatic heterocycles. The van der Waals surface area contributed by atoms with E-state index in [0.29, 0.717) is 41.3 Å². The summed E-state index contributed by atoms with van der Waals surface area (Å²) in [6.07, 6.45) is 1.86. The predicted molar refractivity (Wildman–Crippen MR) is 159 cm³/mol. The van der Waals surface area contributed by atoms with Gasteiger partial charge in [0.15, 0.2) is 5.43 Å². The summed E-state index contributed by atoms with van der Waals surface area (Å²) in [5.41, 5.74) is 6.13. The molecule has 7 N–H and O–H groups in total. The van der Waals surface area contributed by atoms with Crippen LogP contribution < -0.4 is 27.1 Å². The van der Waals surface area contributed by atoms with Gasteiger partial charge in [-0.3, -0.25) is 24.0 Å². The SMILES string of the molecule is NC(=O)CNC(=O)CNC(=O)CCCCCNC(=O)c1ccc(-c2c3ccc(=O)cc-3oc3cc(O)ccc23)c(C(=O)O)c1. The molecule has 2 aromatic rings. The van der Waals surface area contributed by atoms with Crippen molar-refractivity contribution in [3.63, 3.8) is 0 Å². The molecular weight excluding hydrogens is 572 g/mol. The summed E-state index contributed by atoms with van der Waals surface area (Å²) in [5, 5.41) is 28.0. The van der Waals surface area contributed by atoms with Crippen molar-refractivity contribution in [2.75, 3.05) is 19.6 Å². The van der Waals surface area contributed by atoms with Crippen LogP contribution in [0.2, 0.25) is 0 Å². The van der Waals surface area contributed by atoms with Crippen molar-refractivity contribution >= 4 is 40.6 Å². The molecule has 228 valence electrons. The van der Waals surface area contributed by atoms with Gasteiger partial charge in [0, 0.05) is 47.2 Å². The van der Waals surface area contributed by atoms with Crippen LogP contribution in [0.25, 0.3) is 33.4 Å². The molecule has 2 aliphatic rings. The van der Waals surface area contributed by atoms with E-state index < -0.39 is 23.7 Å². The molecular formula is C31H30N4O9. The number of nitrogens with one attached hydrogen (secondary N) is 3. The van der Waals surface area contributed by atoms with E-state index in [1.807, 2.05) is 0 Å². The maximum Gasteiger partial charge on any atom is 0.336 e. The van der Waals surface area contributed by atoms with Crippen LogP contribution in [-0.2, 0) is 14.4 Å². The van der Waals surface area contributed by atoms with E-state index in [-0.39, 0.29) is 65.6 Å². The van der Waals surface area contributed by atoms with Gasteiger partial charge in [-0.15, -0.1) is 0 Å². The lowest BCUT2D eigenvalue weighted by Crippen LogP contribution is -2.40. The highest BCUT2D eigenvalue weighted by molar-refractivity contribution is 6.09. The van der Waals surface area contributed by atoms with Crippen molar-refractivity contribution < 1.29 is 38.6 Å². The standard InChI is InChI=1S/C31H30N4O9/c32-26(38)15-34-28(40)16-35-27(39)4-2-1-3-11-33-30(41)17-5-8-20(23(12-17)31(42)43)29-21-9-6-18(36)13-24(21)44-25-14-19(37)7-10-22(25)29/h5-10,12-14,36H,1-4,11,15-16H2,(H2,32,38)(H,33,41)(H,34,40)(H,35,39)(H,42,43). The van der Waals surface area contributed by atoms with Gasteiger partial charge in [0.2, 0.25) is 17.7 Å². The molecule has 4 amide bonds. The summed E-state index contributed by atoms with van der Waals surface area (Å²) in [6, 6.07) is 12.9. The summed E-state index contributed by atoms with van der Waals surface area (Å²) < 4.78 is 5.83. The van der Waals surface area contributed by atoms with Crippen LogP contribution in [0.3, 0.4) is 0 Å². The molecule has 1 aliphatic carbocycles. The van der Waals surface area contributed by atoms with E-state index in [0.717, 1.165) is 0 Å². The second-order valence-electron chi connectivity index (χ2n) is 9.97. The lowest BCUT2D eigenvalue weighted by Gasteiger charge is -2.17. The van der Waals surface area contributed by atoms with E-state index in [1.165, 1.54) is 42.5 Å². The van der Waals surface area contributed by atoms with Crippen LogP contribution in [0.5, 0.6) is 5.75 Å². The number of nitrogens with two attached hydrogens (primary N) is 1. The molecule has 1 heterocycles. The first-order valence-electron chi connectivity index (χ1n) is 13.7. The molecule has 4 rings (SSSR count). The topological polar surface area (TPSA) is 218 Å². The van der Waals surface area contributed by atoms with Gasteiger partial charge >= 0.3 is 5.97 Å². The molecule has 0 saturated carbocycles. The van der Waals surface area contributed by atoms with Gasteiger partial charge in [0.05, 0.1) is 18.7 Å². The number of primary amides is 1. The summed E-state index contributed by atoms with van der Waals surface area (Å²) in [5.74, 6) is -3.14. The first-order valence-corrected chi connectivity index (χ1v) is 13.7. The molecule has 0 unspecified atom stereocenters. The third-order valence-electron chi connectivity index (χ3n) is 6.73. The zero-order valence-electron chi connectivity index (χ0n) is 23.5. The highest BCUT2D eigenvalue weighted by Gasteiger charge is 2.23. The van der Waals surface area contributed by atoms with Gasteiger partial charge in [-0.1, -0.05) is 12.5 Å². The number of aromatic carboxylic acids is 1. The largest absolute Gasteiger partial charge is 0.508 e. The van der Waals surface area contributed by atoms with Crippen LogP contribution in [0.4, 0.5) is 0 Å². The van der Waals surface area contributed by atoms with Gasteiger partial charge < -0.3 is 36.3 Å². The van der Waals surface area contributed by atoms with E-state index >= 15 is 0 Å². The Kier molecular flexibility index (Phi) is 9.91. The van der Waals surface area contributed by atoms with Crippen LogP contribution >= 0.6 is 0 Å². The highest BCUT2D eigenvalue weighted by atomic mass is 16.4. The average molecular weight is 603 g/mol. The number of fused-ring (bicyclic) bond motifs is 2. The number of amides is 4. The minimum Gasteiger partial charge on any atom is -0.508 e. The Hall–Kier alpha value is -5.72. The Bertz CT molecular complexity index is 1780. The molecule has 0 spiro atoms. The van der Waals surface area contributed by atoms with Crippen LogP contribution in [0.15, 0.2) is 63.8 Å². The number of carboxylic acid groups (broad SMARTS) is 1. The Labute approximate surface area is 250 Å². The molecule has 2 aromatic carbocycles. The van der Waals surface area contributed by atoms with Crippen LogP contribution in [-0.4, -0.2) is 59.4 Å². The average Bonchev–Trinajstić information content (AvgIpc) is 2.98. The fourth-order valence-corrected chi connectivity index (χ4v) is 4.64. The van der Waals surface area contributed by atoms with Crippen molar-refractivity contribution in [3.05, 3.63) is 75.9 Å². The number of aromatic hydroxyl groups is 1. The maximum atomic E-state index is 12.8. The first-order chi connectivity index (χ1) is 21.0. The third kappa shape index (κ3) is 7.76. The van der Waals surface area contributed by atoms with E-state index in [2.05, 4.69) is 16.0 Å². The molecule has 13 heteroatoms. The van der Waals surface area contributed by atoms with Crippen molar-refractivity contribution in [1.29, 1.82) is 0 Å². The summed E-state index contributed by atoms with van der Waals surface area (Å²) >= 11 is 0. The number of hydrogen-bond acceptors (Lipinski definition) is 8. The number of rotatable bonds is 13. The predicted octanol–water partition coefficient (Wildman–Crippen LogP) is 1.98. The second kappa shape index (κ2) is 14.0. The van der Waals surface area contributed by atoms with Crippen molar-refractivity contribution in [3.8, 4) is 28.2 Å². The second-order valence-corrected chi connectivity index (χ2v) is 9.97. The number of unbranched alkanes of at least 4 members (excludes halogenated alkanes) is 2. The van der Waals surface area contributed by atoms with Crippen molar-refractivity contribution in [1.82, 2.24) is 16.0 Å². The van der Waals surface area contributed by atoms with E-state index in [1.54, 1.807) is 12.1 Å². The quantitative estimate of drug-likeness (QED) is 0.0972. The van der Waals surface area contributed by atoms with Crippen molar-refractivity contribution in [2.45, 2.75) is 25.7 Å². The van der Waals surface area contributed by atoms with Gasteiger partial charge in [-0.2, -0.15) is 0 Å². The minimum absolute atomic E-state index is 0.0682. The number of phenolic OH excluding ortho intramolecular Hbond substituents is 1. The number of carboxylic acids is 1. The maximum absolute atomic E-state index is 12.8. The summed E-state index contributed by atoms with van der Waals surface area (Å²) in [4.78, 5) is 71.2. The zero-order chi connectivity index (χ0) is 31.8. The smallest absolute Gasteiger partial charge is 0.336 e. The number of hydrogen-bond donors (Lipinski definition) is 6. The number of carbonyl (C=O) groups excluding carboxylic acids is 4. The Morgan fingerprint density at radius 1 is 0.795 bits per heavy atom. The van der Waals surface area contributed by atoms with Crippen molar-refractivity contribution in [2.24, 2.45) is 5.73 Å². The monoisotopic (exact) mass is 602 g/mol. The fourth-order valence-electron chi connectivity index (χ4n) is 4.64. The van der Waals surface area contributed by atoms with Crippen LogP contribution in [0.1, 0.15) is 46.4 Å². The minimum atomic E-state index is -1.26. The normalized spacial score (nSPS) is 10.8. The Morgan fingerprint density at radius 3 is 2.30 bits per heavy atom. The summed E-state index contributed by atoms with van der Waals surface area (Å²) in [7, 11) is 0. The van der Waals surface area contributed by atoms with Crippen LogP contribution in [0, 0.1) is 0 Å². The number of benzene rings is 3. The third-order valence-corrected chi connectivity index (χ3v) is 6.73. The molecule has 0 fully saturated rings. The molecule has 44 heavy (non-hydrogen) atoms. The molecule has 0 bridgehead atoms. The van der Waals surface area contributed by atoms with Gasteiger partial charge in [0.25, 0.3) is 5.91 Å². The molecule has 1 aliphatic heterocycles.